The van der Waals surface area contributed by atoms with Gasteiger partial charge in [-0.25, -0.2) is 4.98 Å². The maximum atomic E-state index is 6.25. The summed E-state index contributed by atoms with van der Waals surface area (Å²) in [4.78, 5) is 15.1. The molecule has 0 bridgehead atoms. The van der Waals surface area contributed by atoms with Crippen molar-refractivity contribution in [3.05, 3.63) is 53.4 Å². The number of anilines is 1. The van der Waals surface area contributed by atoms with Crippen molar-refractivity contribution in [2.75, 3.05) is 31.6 Å². The minimum atomic E-state index is 0.322. The van der Waals surface area contributed by atoms with Gasteiger partial charge in [-0.05, 0) is 36.6 Å². The molecule has 2 aromatic rings. The fraction of sp³-hybridized carbons (Fsp3) is 0.389. The summed E-state index contributed by atoms with van der Waals surface area (Å²) in [5.74, 6) is 1.68. The second kappa shape index (κ2) is 8.67. The predicted molar refractivity (Wildman–Crippen MR) is 102 cm³/mol. The van der Waals surface area contributed by atoms with E-state index in [0.717, 1.165) is 44.3 Å². The summed E-state index contributed by atoms with van der Waals surface area (Å²) in [6.45, 7) is 2.61. The van der Waals surface area contributed by atoms with E-state index in [2.05, 4.69) is 36.6 Å². The first-order chi connectivity index (χ1) is 12.3. The van der Waals surface area contributed by atoms with Gasteiger partial charge >= 0.3 is 0 Å². The zero-order chi connectivity index (χ0) is 17.5. The molecule has 1 aliphatic rings. The van der Waals surface area contributed by atoms with Crippen LogP contribution < -0.4 is 15.5 Å². The number of nitrogens with one attached hydrogen (secondary N) is 2. The normalized spacial score (nSPS) is 17.6. The molecular weight excluding hydrogens is 336 g/mol. The van der Waals surface area contributed by atoms with E-state index in [4.69, 9.17) is 11.6 Å². The van der Waals surface area contributed by atoms with Gasteiger partial charge in [-0.1, -0.05) is 17.7 Å². The highest BCUT2D eigenvalue weighted by Crippen LogP contribution is 2.25. The third-order valence-electron chi connectivity index (χ3n) is 4.22. The van der Waals surface area contributed by atoms with Crippen LogP contribution >= 0.6 is 11.6 Å². The molecule has 1 atom stereocenters. The van der Waals surface area contributed by atoms with Crippen molar-refractivity contribution < 1.29 is 0 Å². The minimum Gasteiger partial charge on any atom is -0.356 e. The van der Waals surface area contributed by atoms with Gasteiger partial charge in [-0.2, -0.15) is 0 Å². The Labute approximate surface area is 153 Å². The van der Waals surface area contributed by atoms with Gasteiger partial charge in [0.05, 0.1) is 5.02 Å². The van der Waals surface area contributed by atoms with Crippen molar-refractivity contribution in [1.82, 2.24) is 20.6 Å². The Morgan fingerprint density at radius 2 is 2.24 bits per heavy atom. The van der Waals surface area contributed by atoms with Gasteiger partial charge in [0.15, 0.2) is 5.96 Å². The summed E-state index contributed by atoms with van der Waals surface area (Å²) in [6.07, 6.45) is 7.40. The second-order valence-electron chi connectivity index (χ2n) is 6.00. The number of rotatable bonds is 5. The largest absolute Gasteiger partial charge is 0.356 e. The molecule has 0 spiro atoms. The maximum absolute atomic E-state index is 6.25. The predicted octanol–water partition coefficient (Wildman–Crippen LogP) is 2.12. The van der Waals surface area contributed by atoms with Crippen LogP contribution in [0.1, 0.15) is 12.0 Å². The van der Waals surface area contributed by atoms with Crippen LogP contribution in [0.4, 0.5) is 5.82 Å². The molecule has 7 heteroatoms. The van der Waals surface area contributed by atoms with Crippen LogP contribution in [0, 0.1) is 0 Å². The standard InChI is InChI=1S/C18H23ClN6/c1-20-18(23-10-6-14-4-2-8-21-12-14)24-15-7-11-25(13-15)17-16(19)5-3-9-22-17/h2-5,8-9,12,15H,6-7,10-11,13H2,1H3,(H2,20,23,24). The Balaban J connectivity index is 1.47. The molecule has 132 valence electrons. The van der Waals surface area contributed by atoms with Gasteiger partial charge in [-0.3, -0.25) is 9.98 Å². The molecule has 0 radical (unpaired) electrons. The highest BCUT2D eigenvalue weighted by atomic mass is 35.5. The molecular formula is C18H23ClN6. The van der Waals surface area contributed by atoms with E-state index in [1.54, 1.807) is 19.4 Å². The van der Waals surface area contributed by atoms with Crippen molar-refractivity contribution in [2.45, 2.75) is 18.9 Å². The van der Waals surface area contributed by atoms with Crippen LogP contribution in [-0.4, -0.2) is 48.7 Å². The van der Waals surface area contributed by atoms with Crippen LogP contribution in [-0.2, 0) is 6.42 Å². The quantitative estimate of drug-likeness (QED) is 0.633. The lowest BCUT2D eigenvalue weighted by Crippen LogP contribution is -2.45. The lowest BCUT2D eigenvalue weighted by molar-refractivity contribution is 0.648. The van der Waals surface area contributed by atoms with E-state index < -0.39 is 0 Å². The van der Waals surface area contributed by atoms with Crippen LogP contribution in [0.3, 0.4) is 0 Å². The zero-order valence-electron chi connectivity index (χ0n) is 14.3. The maximum Gasteiger partial charge on any atom is 0.191 e. The highest BCUT2D eigenvalue weighted by Gasteiger charge is 2.25. The average Bonchev–Trinajstić information content (AvgIpc) is 3.10. The first kappa shape index (κ1) is 17.5. The molecule has 0 aromatic carbocycles. The summed E-state index contributed by atoms with van der Waals surface area (Å²) in [7, 11) is 1.79. The SMILES string of the molecule is CN=C(NCCc1cccnc1)NC1CCN(c2ncccc2Cl)C1. The van der Waals surface area contributed by atoms with Gasteiger partial charge in [0, 0.05) is 51.3 Å². The first-order valence-corrected chi connectivity index (χ1v) is 8.85. The number of pyridine rings is 2. The van der Waals surface area contributed by atoms with Crippen LogP contribution in [0.5, 0.6) is 0 Å². The topological polar surface area (TPSA) is 65.4 Å². The molecule has 2 aromatic heterocycles. The fourth-order valence-corrected chi connectivity index (χ4v) is 3.18. The van der Waals surface area contributed by atoms with Crippen molar-refractivity contribution in [1.29, 1.82) is 0 Å². The first-order valence-electron chi connectivity index (χ1n) is 8.48. The number of nitrogens with zero attached hydrogens (tertiary/aromatic N) is 4. The second-order valence-corrected chi connectivity index (χ2v) is 6.40. The molecule has 1 saturated heterocycles. The third kappa shape index (κ3) is 4.82. The number of aromatic nitrogens is 2. The molecule has 0 saturated carbocycles. The third-order valence-corrected chi connectivity index (χ3v) is 4.52. The van der Waals surface area contributed by atoms with E-state index >= 15 is 0 Å². The van der Waals surface area contributed by atoms with E-state index in [1.807, 2.05) is 24.4 Å². The Bertz CT molecular complexity index is 706. The summed E-state index contributed by atoms with van der Waals surface area (Å²) >= 11 is 6.25. The van der Waals surface area contributed by atoms with Crippen molar-refractivity contribution >= 4 is 23.4 Å². The molecule has 1 unspecified atom stereocenters. The molecule has 0 amide bonds. The molecule has 3 heterocycles. The summed E-state index contributed by atoms with van der Waals surface area (Å²) in [6, 6.07) is 8.09. The monoisotopic (exact) mass is 358 g/mol. The molecule has 25 heavy (non-hydrogen) atoms. The van der Waals surface area contributed by atoms with E-state index in [9.17, 15) is 0 Å². The summed E-state index contributed by atoms with van der Waals surface area (Å²) < 4.78 is 0. The molecule has 3 rings (SSSR count). The van der Waals surface area contributed by atoms with Crippen LogP contribution in [0.2, 0.25) is 5.02 Å². The smallest absolute Gasteiger partial charge is 0.191 e. The van der Waals surface area contributed by atoms with Gasteiger partial charge in [0.25, 0.3) is 0 Å². The average molecular weight is 359 g/mol. The van der Waals surface area contributed by atoms with Gasteiger partial charge in [0.1, 0.15) is 5.82 Å². The van der Waals surface area contributed by atoms with E-state index in [1.165, 1.54) is 5.56 Å². The lowest BCUT2D eigenvalue weighted by Gasteiger charge is -2.20. The van der Waals surface area contributed by atoms with Crippen LogP contribution in [0.25, 0.3) is 0 Å². The van der Waals surface area contributed by atoms with Gasteiger partial charge < -0.3 is 15.5 Å². The minimum absolute atomic E-state index is 0.322. The van der Waals surface area contributed by atoms with Crippen molar-refractivity contribution in [3.63, 3.8) is 0 Å². The molecule has 2 N–H and O–H groups in total. The molecule has 1 fully saturated rings. The summed E-state index contributed by atoms with van der Waals surface area (Å²) in [5.41, 5.74) is 1.21. The Morgan fingerprint density at radius 3 is 3.00 bits per heavy atom. The molecule has 6 nitrogen and oxygen atoms in total. The molecule has 1 aliphatic heterocycles. The Kier molecular flexibility index (Phi) is 6.06. The van der Waals surface area contributed by atoms with Crippen molar-refractivity contribution in [3.8, 4) is 0 Å². The number of halogens is 1. The number of hydrogen-bond donors (Lipinski definition) is 2. The Hall–Kier alpha value is -2.34. The summed E-state index contributed by atoms with van der Waals surface area (Å²) in [5, 5.41) is 7.54. The lowest BCUT2D eigenvalue weighted by atomic mass is 10.2. The van der Waals surface area contributed by atoms with Gasteiger partial charge in [0.2, 0.25) is 0 Å². The van der Waals surface area contributed by atoms with Crippen LogP contribution in [0.15, 0.2) is 47.8 Å². The van der Waals surface area contributed by atoms with E-state index in [-0.39, 0.29) is 0 Å². The number of hydrogen-bond acceptors (Lipinski definition) is 4. The number of guanidine groups is 1. The number of aliphatic imine (C=N–C) groups is 1. The van der Waals surface area contributed by atoms with Crippen molar-refractivity contribution in [2.24, 2.45) is 4.99 Å². The molecule has 0 aliphatic carbocycles. The Morgan fingerprint density at radius 1 is 1.36 bits per heavy atom. The highest BCUT2D eigenvalue weighted by molar-refractivity contribution is 6.32. The zero-order valence-corrected chi connectivity index (χ0v) is 15.1. The van der Waals surface area contributed by atoms with Gasteiger partial charge in [-0.15, -0.1) is 0 Å². The van der Waals surface area contributed by atoms with E-state index in [0.29, 0.717) is 11.1 Å². The fourth-order valence-electron chi connectivity index (χ4n) is 2.94.